The summed E-state index contributed by atoms with van der Waals surface area (Å²) in [6, 6.07) is -2.30. The number of aliphatic hydroxyl groups excluding tert-OH is 1. The quantitative estimate of drug-likeness (QED) is 0.376. The fraction of sp³-hybridized carbons (Fsp3) is 0.625. The molecule has 0 aliphatic rings. The number of rotatable bonds is 6. The van der Waals surface area contributed by atoms with E-state index in [1.165, 1.54) is 6.92 Å². The molecule has 7 heteroatoms. The summed E-state index contributed by atoms with van der Waals surface area (Å²) in [5.74, 6) is -1.99. The van der Waals surface area contributed by atoms with Gasteiger partial charge in [-0.3, -0.25) is 9.59 Å². The van der Waals surface area contributed by atoms with Crippen LogP contribution < -0.4 is 11.1 Å². The van der Waals surface area contributed by atoms with E-state index in [1.807, 2.05) is 0 Å². The molecular formula is C8H14N2O5. The number of hydrogen-bond acceptors (Lipinski definition) is 5. The average molecular weight is 218 g/mol. The first kappa shape index (κ1) is 13.5. The Bertz CT molecular complexity index is 253. The van der Waals surface area contributed by atoms with Crippen LogP contribution in [0.5, 0.6) is 0 Å². The van der Waals surface area contributed by atoms with Crippen LogP contribution in [0.1, 0.15) is 13.3 Å². The van der Waals surface area contributed by atoms with Crippen LogP contribution in [0.15, 0.2) is 0 Å². The van der Waals surface area contributed by atoms with Crippen molar-refractivity contribution in [3.63, 3.8) is 0 Å². The predicted molar refractivity (Wildman–Crippen MR) is 49.9 cm³/mol. The lowest BCUT2D eigenvalue weighted by molar-refractivity contribution is -0.139. The van der Waals surface area contributed by atoms with Gasteiger partial charge in [-0.2, -0.15) is 0 Å². The van der Waals surface area contributed by atoms with Crippen LogP contribution in [0, 0.1) is 0 Å². The molecule has 0 spiro atoms. The standard InChI is InChI=1S/C8H14N2O5/c1-4(12)6(3-11)10-8(15)5(9)2-7(13)14/h3-6,12H,2,9H2,1H3,(H,10,15)(H,13,14)/t4-,5+,6-/m1/s1. The van der Waals surface area contributed by atoms with Gasteiger partial charge in [-0.15, -0.1) is 0 Å². The predicted octanol–water partition coefficient (Wildman–Crippen LogP) is -2.15. The van der Waals surface area contributed by atoms with Crippen molar-refractivity contribution in [1.82, 2.24) is 5.32 Å². The Morgan fingerprint density at radius 2 is 2.07 bits per heavy atom. The number of amides is 1. The van der Waals surface area contributed by atoms with Crippen LogP contribution in [-0.4, -0.2) is 46.6 Å². The summed E-state index contributed by atoms with van der Waals surface area (Å²) < 4.78 is 0. The Labute approximate surface area is 86.3 Å². The summed E-state index contributed by atoms with van der Waals surface area (Å²) >= 11 is 0. The van der Waals surface area contributed by atoms with E-state index in [9.17, 15) is 14.4 Å². The van der Waals surface area contributed by atoms with Gasteiger partial charge < -0.3 is 26.1 Å². The summed E-state index contributed by atoms with van der Waals surface area (Å²) in [6.07, 6.45) is -1.23. The van der Waals surface area contributed by atoms with Gasteiger partial charge in [-0.05, 0) is 6.92 Å². The van der Waals surface area contributed by atoms with Crippen LogP contribution in [0.4, 0.5) is 0 Å². The van der Waals surface area contributed by atoms with Crippen molar-refractivity contribution in [1.29, 1.82) is 0 Å². The Morgan fingerprint density at radius 3 is 2.40 bits per heavy atom. The molecule has 0 unspecified atom stereocenters. The molecule has 0 aromatic carbocycles. The van der Waals surface area contributed by atoms with Crippen molar-refractivity contribution in [2.24, 2.45) is 5.73 Å². The summed E-state index contributed by atoms with van der Waals surface area (Å²) in [6.45, 7) is 1.32. The molecule has 5 N–H and O–H groups in total. The molecule has 1 amide bonds. The van der Waals surface area contributed by atoms with Crippen molar-refractivity contribution < 1.29 is 24.6 Å². The fourth-order valence-electron chi connectivity index (χ4n) is 0.820. The molecule has 15 heavy (non-hydrogen) atoms. The smallest absolute Gasteiger partial charge is 0.305 e. The minimum atomic E-state index is -1.23. The lowest BCUT2D eigenvalue weighted by Crippen LogP contribution is -2.50. The fourth-order valence-corrected chi connectivity index (χ4v) is 0.820. The van der Waals surface area contributed by atoms with Crippen molar-refractivity contribution in [3.8, 4) is 0 Å². The number of carbonyl (C=O) groups excluding carboxylic acids is 2. The number of aldehydes is 1. The van der Waals surface area contributed by atoms with E-state index in [0.29, 0.717) is 6.29 Å². The van der Waals surface area contributed by atoms with E-state index >= 15 is 0 Å². The van der Waals surface area contributed by atoms with E-state index in [1.54, 1.807) is 0 Å². The number of carboxylic acids is 1. The van der Waals surface area contributed by atoms with Crippen LogP contribution in [0.2, 0.25) is 0 Å². The zero-order valence-corrected chi connectivity index (χ0v) is 8.21. The Balaban J connectivity index is 4.21. The highest BCUT2D eigenvalue weighted by Gasteiger charge is 2.22. The van der Waals surface area contributed by atoms with E-state index in [-0.39, 0.29) is 0 Å². The molecule has 0 radical (unpaired) electrons. The SMILES string of the molecule is C[C@@H](O)[C@@H](C=O)NC(=O)[C@@H](N)CC(=O)O. The van der Waals surface area contributed by atoms with Gasteiger partial charge >= 0.3 is 5.97 Å². The minimum Gasteiger partial charge on any atom is -0.481 e. The highest BCUT2D eigenvalue weighted by Crippen LogP contribution is 1.93. The van der Waals surface area contributed by atoms with Crippen LogP contribution in [0.3, 0.4) is 0 Å². The lowest BCUT2D eigenvalue weighted by atomic mass is 10.1. The summed E-state index contributed by atoms with van der Waals surface area (Å²) in [5.41, 5.74) is 5.23. The molecule has 0 saturated heterocycles. The Morgan fingerprint density at radius 1 is 1.53 bits per heavy atom. The maximum absolute atomic E-state index is 11.2. The highest BCUT2D eigenvalue weighted by atomic mass is 16.4. The molecule has 3 atom stereocenters. The van der Waals surface area contributed by atoms with Gasteiger partial charge in [-0.25, -0.2) is 0 Å². The minimum absolute atomic E-state index is 0.357. The molecule has 0 fully saturated rings. The van der Waals surface area contributed by atoms with Gasteiger partial charge in [0.1, 0.15) is 12.3 Å². The summed E-state index contributed by atoms with van der Waals surface area (Å²) in [5, 5.41) is 19.5. The van der Waals surface area contributed by atoms with Gasteiger partial charge in [0, 0.05) is 0 Å². The molecular weight excluding hydrogens is 204 g/mol. The number of hydrogen-bond donors (Lipinski definition) is 4. The van der Waals surface area contributed by atoms with Crippen molar-refractivity contribution >= 4 is 18.2 Å². The van der Waals surface area contributed by atoms with Crippen molar-refractivity contribution in [3.05, 3.63) is 0 Å². The van der Waals surface area contributed by atoms with Gasteiger partial charge in [0.25, 0.3) is 0 Å². The second-order valence-corrected chi connectivity index (χ2v) is 3.12. The highest BCUT2D eigenvalue weighted by molar-refractivity contribution is 5.87. The third-order valence-electron chi connectivity index (χ3n) is 1.71. The monoisotopic (exact) mass is 218 g/mol. The molecule has 0 heterocycles. The number of aliphatic carboxylic acids is 1. The normalized spacial score (nSPS) is 16.2. The molecule has 0 aliphatic carbocycles. The van der Waals surface area contributed by atoms with E-state index in [0.717, 1.165) is 0 Å². The zero-order valence-electron chi connectivity index (χ0n) is 8.21. The third-order valence-corrected chi connectivity index (χ3v) is 1.71. The summed E-state index contributed by atoms with van der Waals surface area (Å²) in [7, 11) is 0. The molecule has 0 aromatic rings. The Hall–Kier alpha value is -1.47. The summed E-state index contributed by atoms with van der Waals surface area (Å²) in [4.78, 5) is 31.8. The molecule has 0 rings (SSSR count). The molecule has 7 nitrogen and oxygen atoms in total. The van der Waals surface area contributed by atoms with E-state index in [2.05, 4.69) is 5.32 Å². The van der Waals surface area contributed by atoms with Crippen LogP contribution in [0.25, 0.3) is 0 Å². The maximum atomic E-state index is 11.2. The van der Waals surface area contributed by atoms with Gasteiger partial charge in [0.2, 0.25) is 5.91 Å². The number of carboxylic acid groups (broad SMARTS) is 1. The topological polar surface area (TPSA) is 130 Å². The van der Waals surface area contributed by atoms with E-state index in [4.69, 9.17) is 15.9 Å². The molecule has 0 saturated carbocycles. The van der Waals surface area contributed by atoms with Crippen LogP contribution >= 0.6 is 0 Å². The van der Waals surface area contributed by atoms with Gasteiger partial charge in [-0.1, -0.05) is 0 Å². The molecule has 0 aromatic heterocycles. The van der Waals surface area contributed by atoms with Gasteiger partial charge in [0.05, 0.1) is 18.6 Å². The second kappa shape index (κ2) is 6.10. The number of nitrogens with two attached hydrogens (primary N) is 1. The van der Waals surface area contributed by atoms with E-state index < -0.39 is 36.5 Å². The van der Waals surface area contributed by atoms with Gasteiger partial charge in [0.15, 0.2) is 0 Å². The molecule has 0 bridgehead atoms. The third kappa shape index (κ3) is 5.08. The van der Waals surface area contributed by atoms with Crippen LogP contribution in [-0.2, 0) is 14.4 Å². The molecule has 0 aliphatic heterocycles. The Kier molecular flexibility index (Phi) is 5.50. The number of carbonyl (C=O) groups is 3. The first-order valence-corrected chi connectivity index (χ1v) is 4.29. The number of aliphatic hydroxyl groups is 1. The second-order valence-electron chi connectivity index (χ2n) is 3.12. The first-order chi connectivity index (χ1) is 6.88. The molecule has 86 valence electrons. The van der Waals surface area contributed by atoms with Crippen molar-refractivity contribution in [2.45, 2.75) is 31.5 Å². The van der Waals surface area contributed by atoms with Crippen molar-refractivity contribution in [2.75, 3.05) is 0 Å². The average Bonchev–Trinajstić information content (AvgIpc) is 2.11. The first-order valence-electron chi connectivity index (χ1n) is 4.29. The zero-order chi connectivity index (χ0) is 12.0. The maximum Gasteiger partial charge on any atom is 0.305 e. The lowest BCUT2D eigenvalue weighted by Gasteiger charge is -2.17. The largest absolute Gasteiger partial charge is 0.481 e. The number of nitrogens with one attached hydrogen (secondary N) is 1.